The number of pyridine rings is 1. The average Bonchev–Trinajstić information content (AvgIpc) is 2.21. The molecular formula is C11H14BrNO2. The molecule has 0 radical (unpaired) electrons. The molecule has 0 aliphatic rings. The van der Waals surface area contributed by atoms with Gasteiger partial charge in [0.05, 0.1) is 6.61 Å². The van der Waals surface area contributed by atoms with Crippen LogP contribution in [0.25, 0.3) is 0 Å². The van der Waals surface area contributed by atoms with Crippen LogP contribution < -0.4 is 0 Å². The maximum absolute atomic E-state index is 11.1. The molecule has 0 saturated carbocycles. The summed E-state index contributed by atoms with van der Waals surface area (Å²) < 4.78 is 5.84. The third-order valence-corrected chi connectivity index (χ3v) is 2.70. The first kappa shape index (κ1) is 12.2. The van der Waals surface area contributed by atoms with Crippen LogP contribution in [0.15, 0.2) is 22.9 Å². The van der Waals surface area contributed by atoms with Gasteiger partial charge < -0.3 is 4.74 Å². The second kappa shape index (κ2) is 6.56. The van der Waals surface area contributed by atoms with Crippen LogP contribution in [0.5, 0.6) is 0 Å². The number of rotatable bonds is 5. The fourth-order valence-corrected chi connectivity index (χ4v) is 1.71. The molecule has 1 heterocycles. The Morgan fingerprint density at radius 3 is 3.07 bits per heavy atom. The van der Waals surface area contributed by atoms with Crippen molar-refractivity contribution in [1.82, 2.24) is 4.98 Å². The second-order valence-electron chi connectivity index (χ2n) is 3.13. The van der Waals surface area contributed by atoms with E-state index in [0.29, 0.717) is 13.0 Å². The summed E-state index contributed by atoms with van der Waals surface area (Å²) in [6, 6.07) is 1.95. The van der Waals surface area contributed by atoms with Gasteiger partial charge in [-0.1, -0.05) is 0 Å². The minimum atomic E-state index is -0.123. The lowest BCUT2D eigenvalue weighted by molar-refractivity contribution is -0.143. The summed E-state index contributed by atoms with van der Waals surface area (Å²) in [7, 11) is 0. The van der Waals surface area contributed by atoms with Crippen molar-refractivity contribution in [3.05, 3.63) is 28.5 Å². The molecule has 82 valence electrons. The van der Waals surface area contributed by atoms with Crippen LogP contribution in [-0.2, 0) is 16.0 Å². The van der Waals surface area contributed by atoms with Gasteiger partial charge in [-0.25, -0.2) is 0 Å². The van der Waals surface area contributed by atoms with Crippen LogP contribution in [0.2, 0.25) is 0 Å². The van der Waals surface area contributed by atoms with Crippen molar-refractivity contribution in [2.24, 2.45) is 0 Å². The minimum absolute atomic E-state index is 0.123. The second-order valence-corrected chi connectivity index (χ2v) is 3.98. The van der Waals surface area contributed by atoms with E-state index in [2.05, 4.69) is 20.9 Å². The normalized spacial score (nSPS) is 10.0. The topological polar surface area (TPSA) is 39.2 Å². The standard InChI is InChI=1S/C11H14BrNO2/c1-2-15-11(14)5-3-4-9-6-7-13-8-10(9)12/h6-8H,2-5H2,1H3. The first-order valence-electron chi connectivity index (χ1n) is 4.98. The third kappa shape index (κ3) is 4.42. The van der Waals surface area contributed by atoms with E-state index < -0.39 is 0 Å². The number of esters is 1. The number of aromatic nitrogens is 1. The highest BCUT2D eigenvalue weighted by Crippen LogP contribution is 2.16. The van der Waals surface area contributed by atoms with E-state index in [9.17, 15) is 4.79 Å². The van der Waals surface area contributed by atoms with Gasteiger partial charge in [0.15, 0.2) is 0 Å². The number of carbonyl (C=O) groups excluding carboxylic acids is 1. The summed E-state index contributed by atoms with van der Waals surface area (Å²) in [6.45, 7) is 2.27. The molecule has 1 aromatic rings. The molecule has 4 heteroatoms. The smallest absolute Gasteiger partial charge is 0.305 e. The van der Waals surface area contributed by atoms with E-state index in [1.54, 1.807) is 12.4 Å². The Morgan fingerprint density at radius 2 is 2.40 bits per heavy atom. The van der Waals surface area contributed by atoms with Gasteiger partial charge in [-0.15, -0.1) is 0 Å². The number of nitrogens with zero attached hydrogens (tertiary/aromatic N) is 1. The Kier molecular flexibility index (Phi) is 5.32. The molecular weight excluding hydrogens is 258 g/mol. The quantitative estimate of drug-likeness (QED) is 0.774. The van der Waals surface area contributed by atoms with Gasteiger partial charge in [-0.2, -0.15) is 0 Å². The fourth-order valence-electron chi connectivity index (χ4n) is 1.26. The van der Waals surface area contributed by atoms with Gasteiger partial charge in [0.25, 0.3) is 0 Å². The van der Waals surface area contributed by atoms with Crippen molar-refractivity contribution in [2.75, 3.05) is 6.61 Å². The number of halogens is 1. The number of hydrogen-bond acceptors (Lipinski definition) is 3. The van der Waals surface area contributed by atoms with Crippen LogP contribution in [0.1, 0.15) is 25.3 Å². The summed E-state index contributed by atoms with van der Waals surface area (Å²) in [6.07, 6.45) is 5.66. The largest absolute Gasteiger partial charge is 0.466 e. The van der Waals surface area contributed by atoms with Gasteiger partial charge in [-0.05, 0) is 47.3 Å². The van der Waals surface area contributed by atoms with E-state index in [-0.39, 0.29) is 5.97 Å². The Balaban J connectivity index is 2.32. The number of carbonyl (C=O) groups is 1. The molecule has 0 aliphatic carbocycles. The van der Waals surface area contributed by atoms with E-state index in [4.69, 9.17) is 4.74 Å². The third-order valence-electron chi connectivity index (χ3n) is 1.99. The van der Waals surface area contributed by atoms with Crippen LogP contribution in [0.3, 0.4) is 0 Å². The van der Waals surface area contributed by atoms with Crippen molar-refractivity contribution in [2.45, 2.75) is 26.2 Å². The first-order chi connectivity index (χ1) is 7.24. The lowest BCUT2D eigenvalue weighted by atomic mass is 10.1. The molecule has 0 amide bonds. The molecule has 15 heavy (non-hydrogen) atoms. The Labute approximate surface area is 98.0 Å². The van der Waals surface area contributed by atoms with Crippen molar-refractivity contribution in [3.8, 4) is 0 Å². The molecule has 3 nitrogen and oxygen atoms in total. The zero-order chi connectivity index (χ0) is 11.1. The predicted octanol–water partition coefficient (Wildman–Crippen LogP) is 2.73. The minimum Gasteiger partial charge on any atom is -0.466 e. The van der Waals surface area contributed by atoms with Crippen LogP contribution in [0, 0.1) is 0 Å². The molecule has 1 rings (SSSR count). The summed E-state index contributed by atoms with van der Waals surface area (Å²) in [5, 5.41) is 0. The molecule has 0 N–H and O–H groups in total. The van der Waals surface area contributed by atoms with Gasteiger partial charge in [0.1, 0.15) is 0 Å². The maximum Gasteiger partial charge on any atom is 0.305 e. The predicted molar refractivity (Wildman–Crippen MR) is 61.5 cm³/mol. The molecule has 1 aromatic heterocycles. The van der Waals surface area contributed by atoms with E-state index in [0.717, 1.165) is 17.3 Å². The Bertz CT molecular complexity index is 328. The lowest BCUT2D eigenvalue weighted by Gasteiger charge is -2.03. The van der Waals surface area contributed by atoms with Crippen LogP contribution >= 0.6 is 15.9 Å². The molecule has 0 aliphatic heterocycles. The highest BCUT2D eigenvalue weighted by atomic mass is 79.9. The van der Waals surface area contributed by atoms with Crippen LogP contribution in [-0.4, -0.2) is 17.6 Å². The summed E-state index contributed by atoms with van der Waals surface area (Å²) >= 11 is 3.42. The highest BCUT2D eigenvalue weighted by molar-refractivity contribution is 9.10. The lowest BCUT2D eigenvalue weighted by Crippen LogP contribution is -2.04. The molecule has 0 saturated heterocycles. The van der Waals surface area contributed by atoms with Gasteiger partial charge in [0.2, 0.25) is 0 Å². The Morgan fingerprint density at radius 1 is 1.60 bits per heavy atom. The van der Waals surface area contributed by atoms with E-state index >= 15 is 0 Å². The molecule has 0 atom stereocenters. The first-order valence-corrected chi connectivity index (χ1v) is 5.77. The van der Waals surface area contributed by atoms with E-state index in [1.165, 1.54) is 5.56 Å². The maximum atomic E-state index is 11.1. The molecule has 0 fully saturated rings. The number of hydrogen-bond donors (Lipinski definition) is 0. The number of ether oxygens (including phenoxy) is 1. The van der Waals surface area contributed by atoms with Crippen molar-refractivity contribution in [1.29, 1.82) is 0 Å². The SMILES string of the molecule is CCOC(=O)CCCc1ccncc1Br. The van der Waals surface area contributed by atoms with Crippen LogP contribution in [0.4, 0.5) is 0 Å². The van der Waals surface area contributed by atoms with Crippen molar-refractivity contribution < 1.29 is 9.53 Å². The molecule has 0 bridgehead atoms. The summed E-state index contributed by atoms with van der Waals surface area (Å²) in [5.41, 5.74) is 1.18. The number of aryl methyl sites for hydroxylation is 1. The van der Waals surface area contributed by atoms with Gasteiger partial charge >= 0.3 is 5.97 Å². The summed E-state index contributed by atoms with van der Waals surface area (Å²) in [4.78, 5) is 15.1. The van der Waals surface area contributed by atoms with Crippen molar-refractivity contribution in [3.63, 3.8) is 0 Å². The van der Waals surface area contributed by atoms with E-state index in [1.807, 2.05) is 13.0 Å². The van der Waals surface area contributed by atoms with Crippen molar-refractivity contribution >= 4 is 21.9 Å². The summed E-state index contributed by atoms with van der Waals surface area (Å²) in [5.74, 6) is -0.123. The van der Waals surface area contributed by atoms with Gasteiger partial charge in [-0.3, -0.25) is 9.78 Å². The average molecular weight is 272 g/mol. The molecule has 0 unspecified atom stereocenters. The fraction of sp³-hybridized carbons (Fsp3) is 0.455. The van der Waals surface area contributed by atoms with Gasteiger partial charge in [0, 0.05) is 23.3 Å². The molecule has 0 spiro atoms. The molecule has 0 aromatic carbocycles. The zero-order valence-electron chi connectivity index (χ0n) is 8.70. The Hall–Kier alpha value is -0.900. The highest BCUT2D eigenvalue weighted by Gasteiger charge is 2.03. The monoisotopic (exact) mass is 271 g/mol. The zero-order valence-corrected chi connectivity index (χ0v) is 10.3.